The van der Waals surface area contributed by atoms with Gasteiger partial charge in [-0.1, -0.05) is 18.2 Å². The molecule has 1 fully saturated rings. The van der Waals surface area contributed by atoms with Crippen molar-refractivity contribution in [2.75, 3.05) is 38.0 Å². The molecule has 0 saturated carbocycles. The number of aliphatic imine (C=N–C) groups is 1. The summed E-state index contributed by atoms with van der Waals surface area (Å²) in [6.07, 6.45) is 1.97. The first-order valence-corrected chi connectivity index (χ1v) is 8.70. The summed E-state index contributed by atoms with van der Waals surface area (Å²) >= 11 is 1.63. The standard InChI is InChI=1S/C17H19N5S/c1-2-7-21-8-10-22(11-9-21)16-15-17(23-12-18-15)20-14-6-4-3-5-13(14)19-16/h2-6,12,20H,1,7-11H2. The first kappa shape index (κ1) is 14.4. The third kappa shape index (κ3) is 2.75. The smallest absolute Gasteiger partial charge is 0.158 e. The lowest BCUT2D eigenvalue weighted by Gasteiger charge is -2.35. The Morgan fingerprint density at radius 2 is 2.04 bits per heavy atom. The molecule has 1 aromatic heterocycles. The van der Waals surface area contributed by atoms with Crippen LogP contribution in [0.4, 0.5) is 16.4 Å². The Balaban J connectivity index is 1.67. The van der Waals surface area contributed by atoms with Crippen molar-refractivity contribution >= 4 is 33.5 Å². The topological polar surface area (TPSA) is 43.8 Å². The lowest BCUT2D eigenvalue weighted by atomic mass is 10.2. The summed E-state index contributed by atoms with van der Waals surface area (Å²) in [6.45, 7) is 8.76. The number of hydrogen-bond donors (Lipinski definition) is 1. The summed E-state index contributed by atoms with van der Waals surface area (Å²) in [5.41, 5.74) is 4.86. The molecule has 118 valence electrons. The van der Waals surface area contributed by atoms with E-state index < -0.39 is 0 Å². The molecule has 0 radical (unpaired) electrons. The van der Waals surface area contributed by atoms with E-state index in [0.29, 0.717) is 0 Å². The summed E-state index contributed by atoms with van der Waals surface area (Å²) in [5.74, 6) is 0.983. The summed E-state index contributed by atoms with van der Waals surface area (Å²) in [5, 5.41) is 4.54. The van der Waals surface area contributed by atoms with Gasteiger partial charge in [0, 0.05) is 32.7 Å². The van der Waals surface area contributed by atoms with Gasteiger partial charge < -0.3 is 10.2 Å². The van der Waals surface area contributed by atoms with Crippen LogP contribution in [-0.4, -0.2) is 53.3 Å². The largest absolute Gasteiger partial charge is 0.352 e. The molecule has 0 unspecified atom stereocenters. The second-order valence-corrected chi connectivity index (χ2v) is 6.54. The fraction of sp³-hybridized carbons (Fsp3) is 0.294. The van der Waals surface area contributed by atoms with Crippen molar-refractivity contribution in [1.29, 1.82) is 0 Å². The molecule has 3 heterocycles. The van der Waals surface area contributed by atoms with E-state index in [4.69, 9.17) is 4.99 Å². The minimum absolute atomic E-state index is 0.951. The van der Waals surface area contributed by atoms with Gasteiger partial charge in [-0.2, -0.15) is 0 Å². The van der Waals surface area contributed by atoms with Crippen LogP contribution < -0.4 is 5.32 Å². The van der Waals surface area contributed by atoms with E-state index in [9.17, 15) is 0 Å². The predicted octanol–water partition coefficient (Wildman–Crippen LogP) is 3.08. The maximum absolute atomic E-state index is 4.93. The van der Waals surface area contributed by atoms with E-state index in [2.05, 4.69) is 32.7 Å². The molecule has 0 atom stereocenters. The second-order valence-electron chi connectivity index (χ2n) is 5.68. The monoisotopic (exact) mass is 325 g/mol. The number of hydrogen-bond acceptors (Lipinski definition) is 6. The number of nitrogens with zero attached hydrogens (tertiary/aromatic N) is 4. The number of fused-ring (bicyclic) bond motifs is 2. The van der Waals surface area contributed by atoms with E-state index in [1.807, 2.05) is 29.8 Å². The van der Waals surface area contributed by atoms with Gasteiger partial charge in [0.2, 0.25) is 0 Å². The highest BCUT2D eigenvalue weighted by atomic mass is 32.1. The van der Waals surface area contributed by atoms with Crippen LogP contribution in [0.5, 0.6) is 0 Å². The first-order chi connectivity index (χ1) is 11.3. The lowest BCUT2D eigenvalue weighted by molar-refractivity contribution is 0.198. The minimum atomic E-state index is 0.951. The third-order valence-electron chi connectivity index (χ3n) is 4.22. The molecule has 0 amide bonds. The summed E-state index contributed by atoms with van der Waals surface area (Å²) < 4.78 is 0. The number of para-hydroxylation sites is 2. The first-order valence-electron chi connectivity index (χ1n) is 7.82. The molecule has 23 heavy (non-hydrogen) atoms. The summed E-state index contributed by atoms with van der Waals surface area (Å²) in [7, 11) is 0. The number of piperazine rings is 1. The highest BCUT2D eigenvalue weighted by Gasteiger charge is 2.26. The van der Waals surface area contributed by atoms with E-state index in [0.717, 1.165) is 60.6 Å². The quantitative estimate of drug-likeness (QED) is 0.862. The number of aromatic nitrogens is 1. The van der Waals surface area contributed by atoms with Gasteiger partial charge >= 0.3 is 0 Å². The van der Waals surface area contributed by atoms with Gasteiger partial charge in [-0.15, -0.1) is 17.9 Å². The Kier molecular flexibility index (Phi) is 3.85. The highest BCUT2D eigenvalue weighted by molar-refractivity contribution is 7.14. The van der Waals surface area contributed by atoms with Gasteiger partial charge in [0.15, 0.2) is 5.84 Å². The number of nitrogens with one attached hydrogen (secondary N) is 1. The van der Waals surface area contributed by atoms with Crippen LogP contribution in [-0.2, 0) is 0 Å². The summed E-state index contributed by atoms with van der Waals surface area (Å²) in [4.78, 5) is 14.3. The van der Waals surface area contributed by atoms with Gasteiger partial charge in [-0.3, -0.25) is 4.90 Å². The second kappa shape index (κ2) is 6.14. The van der Waals surface area contributed by atoms with E-state index in [1.165, 1.54) is 0 Å². The zero-order chi connectivity index (χ0) is 15.6. The Morgan fingerprint density at radius 3 is 2.87 bits per heavy atom. The number of thiazole rings is 1. The molecule has 1 saturated heterocycles. The van der Waals surface area contributed by atoms with Gasteiger partial charge in [-0.05, 0) is 12.1 Å². The average molecular weight is 325 g/mol. The van der Waals surface area contributed by atoms with Crippen molar-refractivity contribution in [2.45, 2.75) is 0 Å². The molecule has 1 N–H and O–H groups in total. The van der Waals surface area contributed by atoms with E-state index in [-0.39, 0.29) is 0 Å². The lowest BCUT2D eigenvalue weighted by Crippen LogP contribution is -2.48. The predicted molar refractivity (Wildman–Crippen MR) is 96.2 cm³/mol. The van der Waals surface area contributed by atoms with Crippen LogP contribution in [0.15, 0.2) is 47.4 Å². The maximum Gasteiger partial charge on any atom is 0.158 e. The fourth-order valence-corrected chi connectivity index (χ4v) is 3.69. The SMILES string of the molecule is C=CCN1CCN(C2=Nc3ccccc3Nc3scnc32)CC1. The number of amidine groups is 1. The van der Waals surface area contributed by atoms with Crippen LogP contribution in [0.25, 0.3) is 0 Å². The van der Waals surface area contributed by atoms with Crippen molar-refractivity contribution in [3.63, 3.8) is 0 Å². The maximum atomic E-state index is 4.93. The van der Waals surface area contributed by atoms with Crippen molar-refractivity contribution in [2.24, 2.45) is 4.99 Å². The molecule has 0 spiro atoms. The Bertz CT molecular complexity index is 743. The number of benzene rings is 1. The van der Waals surface area contributed by atoms with E-state index in [1.54, 1.807) is 11.3 Å². The van der Waals surface area contributed by atoms with Gasteiger partial charge in [-0.25, -0.2) is 9.98 Å². The fourth-order valence-electron chi connectivity index (χ4n) is 3.01. The molecule has 2 aliphatic rings. The summed E-state index contributed by atoms with van der Waals surface area (Å²) in [6, 6.07) is 8.16. The molecular formula is C17H19N5S. The van der Waals surface area contributed by atoms with Crippen molar-refractivity contribution < 1.29 is 0 Å². The Labute approximate surface area is 140 Å². The molecule has 0 bridgehead atoms. The van der Waals surface area contributed by atoms with Crippen LogP contribution >= 0.6 is 11.3 Å². The zero-order valence-electron chi connectivity index (χ0n) is 12.9. The molecular weight excluding hydrogens is 306 g/mol. The molecule has 2 aliphatic heterocycles. The number of anilines is 2. The highest BCUT2D eigenvalue weighted by Crippen LogP contribution is 2.36. The third-order valence-corrected chi connectivity index (χ3v) is 4.96. The zero-order valence-corrected chi connectivity index (χ0v) is 13.7. The Hall–Kier alpha value is -2.18. The van der Waals surface area contributed by atoms with Gasteiger partial charge in [0.1, 0.15) is 10.7 Å². The number of rotatable bonds is 2. The van der Waals surface area contributed by atoms with Gasteiger partial charge in [0.25, 0.3) is 0 Å². The molecule has 5 nitrogen and oxygen atoms in total. The van der Waals surface area contributed by atoms with Crippen molar-refractivity contribution in [3.8, 4) is 0 Å². The molecule has 6 heteroatoms. The van der Waals surface area contributed by atoms with Crippen LogP contribution in [0.1, 0.15) is 5.69 Å². The Morgan fingerprint density at radius 1 is 1.22 bits per heavy atom. The van der Waals surface area contributed by atoms with Crippen LogP contribution in [0.2, 0.25) is 0 Å². The average Bonchev–Trinajstić information content (AvgIpc) is 2.97. The van der Waals surface area contributed by atoms with E-state index >= 15 is 0 Å². The van der Waals surface area contributed by atoms with Crippen LogP contribution in [0.3, 0.4) is 0 Å². The normalized spacial score (nSPS) is 17.6. The molecule has 1 aromatic carbocycles. The molecule has 0 aliphatic carbocycles. The molecule has 4 rings (SSSR count). The van der Waals surface area contributed by atoms with Gasteiger partial charge in [0.05, 0.1) is 16.9 Å². The molecule has 2 aromatic rings. The minimum Gasteiger partial charge on any atom is -0.352 e. The van der Waals surface area contributed by atoms with Crippen molar-refractivity contribution in [1.82, 2.24) is 14.8 Å². The van der Waals surface area contributed by atoms with Crippen LogP contribution in [0, 0.1) is 0 Å². The van der Waals surface area contributed by atoms with Crippen molar-refractivity contribution in [3.05, 3.63) is 48.1 Å².